The van der Waals surface area contributed by atoms with Gasteiger partial charge in [0.1, 0.15) is 23.9 Å². The average Bonchev–Trinajstić information content (AvgIpc) is 3.05. The van der Waals surface area contributed by atoms with Gasteiger partial charge in [-0.2, -0.15) is 0 Å². The number of methoxy groups -OCH3 is 1. The highest BCUT2D eigenvalue weighted by atomic mass is 19.1. The van der Waals surface area contributed by atoms with Crippen LogP contribution in [0, 0.1) is 5.82 Å². The Bertz CT molecular complexity index is 949. The maximum Gasteiger partial charge on any atom is 0.270 e. The van der Waals surface area contributed by atoms with Gasteiger partial charge in [0, 0.05) is 23.1 Å². The molecule has 1 aliphatic heterocycles. The second-order valence-electron chi connectivity index (χ2n) is 6.85. The zero-order valence-corrected chi connectivity index (χ0v) is 16.3. The summed E-state index contributed by atoms with van der Waals surface area (Å²) < 4.78 is 24.9. The van der Waals surface area contributed by atoms with E-state index in [0.717, 1.165) is 4.90 Å². The summed E-state index contributed by atoms with van der Waals surface area (Å²) in [6, 6.07) is 9.19. The molecule has 29 heavy (non-hydrogen) atoms. The van der Waals surface area contributed by atoms with Gasteiger partial charge in [0.2, 0.25) is 5.72 Å². The number of carbonyl (C=O) groups excluding carboxylic acids is 2. The van der Waals surface area contributed by atoms with Crippen LogP contribution in [0.5, 0.6) is 11.5 Å². The fourth-order valence-electron chi connectivity index (χ4n) is 3.42. The van der Waals surface area contributed by atoms with Crippen LogP contribution in [0.2, 0.25) is 0 Å². The minimum absolute atomic E-state index is 0.0211. The van der Waals surface area contributed by atoms with Crippen LogP contribution >= 0.6 is 0 Å². The highest BCUT2D eigenvalue weighted by Gasteiger charge is 2.47. The molecule has 2 aromatic carbocycles. The van der Waals surface area contributed by atoms with Crippen LogP contribution in [0.4, 0.5) is 4.39 Å². The SMILES string of the molecule is CCC[C@](O)(C(N)=O)N1Cc2c(OCc3cc(OC)ccc3F)cccc2C1=O. The van der Waals surface area contributed by atoms with Crippen molar-refractivity contribution in [1.82, 2.24) is 4.90 Å². The average molecular weight is 402 g/mol. The first kappa shape index (κ1) is 20.6. The summed E-state index contributed by atoms with van der Waals surface area (Å²) in [5.74, 6) is -1.07. The molecule has 0 saturated heterocycles. The predicted molar refractivity (Wildman–Crippen MR) is 103 cm³/mol. The molecule has 8 heteroatoms. The molecule has 3 N–H and O–H groups in total. The molecule has 0 aliphatic carbocycles. The number of fused-ring (bicyclic) bond motifs is 1. The fourth-order valence-corrected chi connectivity index (χ4v) is 3.42. The first-order chi connectivity index (χ1) is 13.8. The largest absolute Gasteiger partial charge is 0.497 e. The van der Waals surface area contributed by atoms with E-state index < -0.39 is 23.4 Å². The van der Waals surface area contributed by atoms with E-state index in [1.54, 1.807) is 25.1 Å². The monoisotopic (exact) mass is 402 g/mol. The van der Waals surface area contributed by atoms with Gasteiger partial charge in [0.25, 0.3) is 11.8 Å². The van der Waals surface area contributed by atoms with Crippen LogP contribution in [-0.4, -0.2) is 34.7 Å². The van der Waals surface area contributed by atoms with Gasteiger partial charge in [-0.3, -0.25) is 14.5 Å². The van der Waals surface area contributed by atoms with Crippen molar-refractivity contribution in [3.8, 4) is 11.5 Å². The molecule has 0 fully saturated rings. The Morgan fingerprint density at radius 2 is 2.10 bits per heavy atom. The molecule has 3 rings (SSSR count). The molecule has 154 valence electrons. The van der Waals surface area contributed by atoms with Crippen LogP contribution < -0.4 is 15.2 Å². The maximum absolute atomic E-state index is 14.1. The lowest BCUT2D eigenvalue weighted by Crippen LogP contribution is -2.57. The van der Waals surface area contributed by atoms with Crippen molar-refractivity contribution >= 4 is 11.8 Å². The van der Waals surface area contributed by atoms with Crippen LogP contribution in [-0.2, 0) is 17.9 Å². The molecule has 0 radical (unpaired) electrons. The van der Waals surface area contributed by atoms with E-state index in [-0.39, 0.29) is 19.6 Å². The number of nitrogens with two attached hydrogens (primary N) is 1. The molecule has 2 aromatic rings. The van der Waals surface area contributed by atoms with E-state index in [1.165, 1.54) is 25.3 Å². The Morgan fingerprint density at radius 3 is 2.76 bits per heavy atom. The van der Waals surface area contributed by atoms with Gasteiger partial charge in [0.15, 0.2) is 0 Å². The number of ether oxygens (including phenoxy) is 2. The number of hydrogen-bond donors (Lipinski definition) is 2. The zero-order valence-electron chi connectivity index (χ0n) is 16.3. The van der Waals surface area contributed by atoms with E-state index in [4.69, 9.17) is 15.2 Å². The second kappa shape index (κ2) is 8.08. The summed E-state index contributed by atoms with van der Waals surface area (Å²) in [6.07, 6.45) is 0.477. The van der Waals surface area contributed by atoms with Gasteiger partial charge in [-0.25, -0.2) is 4.39 Å². The minimum atomic E-state index is -2.08. The maximum atomic E-state index is 14.1. The molecular weight excluding hydrogens is 379 g/mol. The number of amides is 2. The number of halogens is 1. The molecule has 0 bridgehead atoms. The normalized spacial score (nSPS) is 15.0. The summed E-state index contributed by atoms with van der Waals surface area (Å²) in [7, 11) is 1.48. The number of benzene rings is 2. The standard InChI is InChI=1S/C21H23FN2O5/c1-3-9-21(27,20(23)26)24-11-16-15(19(24)25)5-4-6-18(16)29-12-13-10-14(28-2)7-8-17(13)22/h4-8,10,27H,3,9,11-12H2,1-2H3,(H2,23,26)/t21-/m0/s1. The third kappa shape index (κ3) is 3.75. The molecule has 0 aromatic heterocycles. The van der Waals surface area contributed by atoms with E-state index in [1.807, 2.05) is 0 Å². The summed E-state index contributed by atoms with van der Waals surface area (Å²) >= 11 is 0. The zero-order chi connectivity index (χ0) is 21.2. The van der Waals surface area contributed by atoms with Crippen LogP contribution in [0.15, 0.2) is 36.4 Å². The molecule has 2 amide bonds. The van der Waals surface area contributed by atoms with Crippen molar-refractivity contribution in [3.63, 3.8) is 0 Å². The second-order valence-corrected chi connectivity index (χ2v) is 6.85. The molecule has 1 atom stereocenters. The molecule has 1 heterocycles. The molecule has 1 aliphatic rings. The highest BCUT2D eigenvalue weighted by Crippen LogP contribution is 2.36. The molecular formula is C21H23FN2O5. The van der Waals surface area contributed by atoms with Crippen molar-refractivity contribution in [2.75, 3.05) is 7.11 Å². The topological polar surface area (TPSA) is 102 Å². The van der Waals surface area contributed by atoms with Crippen molar-refractivity contribution in [2.24, 2.45) is 5.73 Å². The first-order valence-corrected chi connectivity index (χ1v) is 9.23. The van der Waals surface area contributed by atoms with Crippen molar-refractivity contribution in [2.45, 2.75) is 38.6 Å². The Morgan fingerprint density at radius 1 is 1.34 bits per heavy atom. The van der Waals surface area contributed by atoms with Crippen molar-refractivity contribution in [3.05, 3.63) is 58.9 Å². The van der Waals surface area contributed by atoms with Gasteiger partial charge in [-0.05, 0) is 30.3 Å². The number of nitrogens with zero attached hydrogens (tertiary/aromatic N) is 1. The molecule has 0 saturated carbocycles. The Labute approximate surface area is 167 Å². The first-order valence-electron chi connectivity index (χ1n) is 9.23. The van der Waals surface area contributed by atoms with E-state index in [0.29, 0.717) is 34.6 Å². The smallest absolute Gasteiger partial charge is 0.270 e. The lowest BCUT2D eigenvalue weighted by Gasteiger charge is -2.34. The Hall–Kier alpha value is -3.13. The van der Waals surface area contributed by atoms with Gasteiger partial charge in [-0.1, -0.05) is 19.4 Å². The van der Waals surface area contributed by atoms with Gasteiger partial charge in [0.05, 0.1) is 13.7 Å². The van der Waals surface area contributed by atoms with Gasteiger partial charge >= 0.3 is 0 Å². The third-order valence-corrected chi connectivity index (χ3v) is 5.00. The third-order valence-electron chi connectivity index (χ3n) is 5.00. The summed E-state index contributed by atoms with van der Waals surface area (Å²) in [5, 5.41) is 10.7. The quantitative estimate of drug-likeness (QED) is 0.706. The molecule has 7 nitrogen and oxygen atoms in total. The number of rotatable bonds is 8. The fraction of sp³-hybridized carbons (Fsp3) is 0.333. The minimum Gasteiger partial charge on any atom is -0.497 e. The summed E-state index contributed by atoms with van der Waals surface area (Å²) in [5.41, 5.74) is 4.42. The number of carbonyl (C=O) groups is 2. The summed E-state index contributed by atoms with van der Waals surface area (Å²) in [6.45, 7) is 1.66. The highest BCUT2D eigenvalue weighted by molar-refractivity contribution is 6.02. The van der Waals surface area contributed by atoms with E-state index in [9.17, 15) is 19.1 Å². The van der Waals surface area contributed by atoms with Gasteiger partial charge in [-0.15, -0.1) is 0 Å². The Kier molecular flexibility index (Phi) is 5.74. The van der Waals surface area contributed by atoms with Crippen LogP contribution in [0.3, 0.4) is 0 Å². The van der Waals surface area contributed by atoms with Gasteiger partial charge < -0.3 is 20.3 Å². The van der Waals surface area contributed by atoms with Crippen molar-refractivity contribution < 1.29 is 28.6 Å². The number of hydrogen-bond acceptors (Lipinski definition) is 5. The molecule has 0 unspecified atom stereocenters. The molecule has 0 spiro atoms. The van der Waals surface area contributed by atoms with E-state index >= 15 is 0 Å². The lowest BCUT2D eigenvalue weighted by atomic mass is 10.1. The van der Waals surface area contributed by atoms with Crippen LogP contribution in [0.1, 0.15) is 41.3 Å². The van der Waals surface area contributed by atoms with E-state index in [2.05, 4.69) is 0 Å². The predicted octanol–water partition coefficient (Wildman–Crippen LogP) is 2.34. The van der Waals surface area contributed by atoms with Crippen LogP contribution in [0.25, 0.3) is 0 Å². The van der Waals surface area contributed by atoms with Crippen molar-refractivity contribution in [1.29, 1.82) is 0 Å². The number of primary amides is 1. The number of aliphatic hydroxyl groups is 1. The summed E-state index contributed by atoms with van der Waals surface area (Å²) in [4.78, 5) is 25.8. The lowest BCUT2D eigenvalue weighted by molar-refractivity contribution is -0.156. The Balaban J connectivity index is 1.87.